The number of aromatic nitrogens is 2. The molecule has 2 aromatic heterocycles. The lowest BCUT2D eigenvalue weighted by Gasteiger charge is -2.36. The maximum absolute atomic E-state index is 12.9. The van der Waals surface area contributed by atoms with E-state index < -0.39 is 0 Å². The molecule has 4 aromatic rings. The normalized spacial score (nSPS) is 16.3. The molecule has 3 heterocycles. The third-order valence-corrected chi connectivity index (χ3v) is 6.43. The van der Waals surface area contributed by atoms with Crippen LogP contribution in [-0.4, -0.2) is 16.0 Å². The summed E-state index contributed by atoms with van der Waals surface area (Å²) in [7, 11) is 0. The van der Waals surface area contributed by atoms with E-state index in [1.54, 1.807) is 0 Å². The first-order chi connectivity index (χ1) is 13.7. The molecule has 1 N–H and O–H groups in total. The third-order valence-electron chi connectivity index (χ3n) is 5.56. The second-order valence-electron chi connectivity index (χ2n) is 7.35. The zero-order valence-corrected chi connectivity index (χ0v) is 16.5. The van der Waals surface area contributed by atoms with Crippen LogP contribution in [0.1, 0.15) is 24.7 Å². The predicted octanol–water partition coefficient (Wildman–Crippen LogP) is 4.99. The molecule has 1 aliphatic heterocycles. The van der Waals surface area contributed by atoms with Gasteiger partial charge >= 0.3 is 0 Å². The summed E-state index contributed by atoms with van der Waals surface area (Å²) in [5.41, 5.74) is 4.56. The van der Waals surface area contributed by atoms with Gasteiger partial charge in [-0.3, -0.25) is 4.79 Å². The molecule has 140 valence electrons. The van der Waals surface area contributed by atoms with Crippen molar-refractivity contribution in [3.63, 3.8) is 0 Å². The fourth-order valence-electron chi connectivity index (χ4n) is 4.06. The van der Waals surface area contributed by atoms with E-state index in [1.165, 1.54) is 22.6 Å². The van der Waals surface area contributed by atoms with Gasteiger partial charge in [-0.2, -0.15) is 0 Å². The summed E-state index contributed by atoms with van der Waals surface area (Å²) in [6.45, 7) is 2.85. The standard InChI is InChI=1S/C23H21N3OS/c1-15-11-12-17-9-5-6-10-19(17)26(15)13-20-24-22(27)21-18(14-28-23(21)25-20)16-7-3-2-4-8-16/h2-10,14-15H,11-13H2,1H3,(H,24,25,27). The number of thiophene rings is 1. The Morgan fingerprint density at radius 3 is 2.79 bits per heavy atom. The van der Waals surface area contributed by atoms with Crippen molar-refractivity contribution in [1.82, 2.24) is 9.97 Å². The van der Waals surface area contributed by atoms with Gasteiger partial charge < -0.3 is 9.88 Å². The van der Waals surface area contributed by atoms with Crippen LogP contribution in [0.4, 0.5) is 5.69 Å². The van der Waals surface area contributed by atoms with Crippen molar-refractivity contribution < 1.29 is 0 Å². The van der Waals surface area contributed by atoms with E-state index in [1.807, 2.05) is 35.7 Å². The molecule has 0 fully saturated rings. The van der Waals surface area contributed by atoms with Crippen molar-refractivity contribution in [3.05, 3.63) is 81.7 Å². The SMILES string of the molecule is CC1CCc2ccccc2N1Cc1nc2scc(-c3ccccc3)c2c(=O)[nH]1. The summed E-state index contributed by atoms with van der Waals surface area (Å²) in [5, 5.41) is 2.72. The predicted molar refractivity (Wildman–Crippen MR) is 116 cm³/mol. The molecule has 0 saturated carbocycles. The van der Waals surface area contributed by atoms with Gasteiger partial charge in [-0.25, -0.2) is 4.98 Å². The van der Waals surface area contributed by atoms with Crippen LogP contribution in [0.15, 0.2) is 64.8 Å². The van der Waals surface area contributed by atoms with E-state index in [-0.39, 0.29) is 5.56 Å². The molecule has 0 bridgehead atoms. The molecular weight excluding hydrogens is 366 g/mol. The molecular formula is C23H21N3OS. The number of benzene rings is 2. The molecule has 1 unspecified atom stereocenters. The number of anilines is 1. The number of nitrogens with one attached hydrogen (secondary N) is 1. The molecule has 0 amide bonds. The number of fused-ring (bicyclic) bond motifs is 2. The lowest BCUT2D eigenvalue weighted by molar-refractivity contribution is 0.552. The first-order valence-corrected chi connectivity index (χ1v) is 10.5. The fraction of sp³-hybridized carbons (Fsp3) is 0.217. The Labute approximate surface area is 167 Å². The minimum Gasteiger partial charge on any atom is -0.361 e. The highest BCUT2D eigenvalue weighted by Crippen LogP contribution is 2.33. The second-order valence-corrected chi connectivity index (χ2v) is 8.21. The average Bonchev–Trinajstić information content (AvgIpc) is 3.15. The fourth-order valence-corrected chi connectivity index (χ4v) is 5.03. The minimum absolute atomic E-state index is 0.0574. The number of rotatable bonds is 3. The summed E-state index contributed by atoms with van der Waals surface area (Å²) < 4.78 is 0. The van der Waals surface area contributed by atoms with Crippen LogP contribution in [-0.2, 0) is 13.0 Å². The van der Waals surface area contributed by atoms with Gasteiger partial charge in [0.05, 0.1) is 11.9 Å². The number of hydrogen-bond acceptors (Lipinski definition) is 4. The Hall–Kier alpha value is -2.92. The molecule has 5 heteroatoms. The van der Waals surface area contributed by atoms with Gasteiger partial charge in [0.2, 0.25) is 0 Å². The molecule has 28 heavy (non-hydrogen) atoms. The van der Waals surface area contributed by atoms with Crippen molar-refractivity contribution in [2.45, 2.75) is 32.4 Å². The summed E-state index contributed by atoms with van der Waals surface area (Å²) in [6.07, 6.45) is 2.21. The largest absolute Gasteiger partial charge is 0.361 e. The van der Waals surface area contributed by atoms with E-state index in [2.05, 4.69) is 41.1 Å². The van der Waals surface area contributed by atoms with Gasteiger partial charge in [-0.05, 0) is 37.0 Å². The van der Waals surface area contributed by atoms with Crippen molar-refractivity contribution >= 4 is 27.2 Å². The maximum atomic E-state index is 12.9. The summed E-state index contributed by atoms with van der Waals surface area (Å²) in [6, 6.07) is 19.0. The third kappa shape index (κ3) is 2.92. The minimum atomic E-state index is -0.0574. The van der Waals surface area contributed by atoms with Crippen LogP contribution in [0.5, 0.6) is 0 Å². The lowest BCUT2D eigenvalue weighted by Crippen LogP contribution is -2.37. The topological polar surface area (TPSA) is 49.0 Å². The van der Waals surface area contributed by atoms with Crippen LogP contribution >= 0.6 is 11.3 Å². The van der Waals surface area contributed by atoms with Crippen LogP contribution < -0.4 is 10.5 Å². The lowest BCUT2D eigenvalue weighted by atomic mass is 9.96. The van der Waals surface area contributed by atoms with Gasteiger partial charge in [0.25, 0.3) is 5.56 Å². The Morgan fingerprint density at radius 2 is 1.93 bits per heavy atom. The Morgan fingerprint density at radius 1 is 1.14 bits per heavy atom. The molecule has 5 rings (SSSR count). The molecule has 2 aromatic carbocycles. The van der Waals surface area contributed by atoms with Crippen molar-refractivity contribution in [2.24, 2.45) is 0 Å². The second kappa shape index (κ2) is 6.91. The number of hydrogen-bond donors (Lipinski definition) is 1. The highest BCUT2D eigenvalue weighted by Gasteiger charge is 2.24. The van der Waals surface area contributed by atoms with Crippen LogP contribution in [0.3, 0.4) is 0 Å². The summed E-state index contributed by atoms with van der Waals surface area (Å²) >= 11 is 1.54. The van der Waals surface area contributed by atoms with Gasteiger partial charge in [0, 0.05) is 22.7 Å². The first-order valence-electron chi connectivity index (χ1n) is 9.61. The van der Waals surface area contributed by atoms with E-state index in [9.17, 15) is 4.79 Å². The van der Waals surface area contributed by atoms with Crippen molar-refractivity contribution in [1.29, 1.82) is 0 Å². The number of aromatic amines is 1. The van der Waals surface area contributed by atoms with E-state index in [4.69, 9.17) is 4.98 Å². The number of aryl methyl sites for hydroxylation is 1. The van der Waals surface area contributed by atoms with Gasteiger partial charge in [-0.15, -0.1) is 11.3 Å². The zero-order chi connectivity index (χ0) is 19.1. The molecule has 1 atom stereocenters. The molecule has 4 nitrogen and oxygen atoms in total. The van der Waals surface area contributed by atoms with Gasteiger partial charge in [0.15, 0.2) is 0 Å². The van der Waals surface area contributed by atoms with Crippen LogP contribution in [0, 0.1) is 0 Å². The van der Waals surface area contributed by atoms with Crippen molar-refractivity contribution in [2.75, 3.05) is 4.90 Å². The molecule has 0 radical (unpaired) electrons. The number of para-hydroxylation sites is 1. The summed E-state index contributed by atoms with van der Waals surface area (Å²) in [5.74, 6) is 0.725. The highest BCUT2D eigenvalue weighted by atomic mass is 32.1. The zero-order valence-electron chi connectivity index (χ0n) is 15.7. The number of H-pyrrole nitrogens is 1. The quantitative estimate of drug-likeness (QED) is 0.539. The van der Waals surface area contributed by atoms with E-state index >= 15 is 0 Å². The Balaban J connectivity index is 1.54. The molecule has 0 saturated heterocycles. The maximum Gasteiger partial charge on any atom is 0.260 e. The van der Waals surface area contributed by atoms with E-state index in [0.717, 1.165) is 34.6 Å². The molecule has 0 aliphatic carbocycles. The first kappa shape index (κ1) is 17.2. The summed E-state index contributed by atoms with van der Waals surface area (Å²) in [4.78, 5) is 23.9. The van der Waals surface area contributed by atoms with Gasteiger partial charge in [0.1, 0.15) is 10.7 Å². The van der Waals surface area contributed by atoms with Crippen LogP contribution in [0.2, 0.25) is 0 Å². The Bertz CT molecular complexity index is 1200. The van der Waals surface area contributed by atoms with E-state index in [0.29, 0.717) is 18.0 Å². The molecule has 1 aliphatic rings. The van der Waals surface area contributed by atoms with Gasteiger partial charge in [-0.1, -0.05) is 48.5 Å². The van der Waals surface area contributed by atoms with Crippen molar-refractivity contribution in [3.8, 4) is 11.1 Å². The molecule has 0 spiro atoms. The Kier molecular flexibility index (Phi) is 4.24. The smallest absolute Gasteiger partial charge is 0.260 e. The average molecular weight is 388 g/mol. The number of nitrogens with zero attached hydrogens (tertiary/aromatic N) is 2. The monoisotopic (exact) mass is 387 g/mol. The highest BCUT2D eigenvalue weighted by molar-refractivity contribution is 7.17. The van der Waals surface area contributed by atoms with Crippen LogP contribution in [0.25, 0.3) is 21.3 Å².